The Bertz CT molecular complexity index is 390. The number of aliphatic hydroxyl groups excluding tert-OH is 2. The van der Waals surface area contributed by atoms with Gasteiger partial charge in [0.25, 0.3) is 0 Å². The van der Waals surface area contributed by atoms with E-state index in [1.165, 1.54) is 0 Å². The summed E-state index contributed by atoms with van der Waals surface area (Å²) in [5.41, 5.74) is 0.705. The summed E-state index contributed by atoms with van der Waals surface area (Å²) in [6, 6.07) is 9.80. The fourth-order valence-corrected chi connectivity index (χ4v) is 2.37. The van der Waals surface area contributed by atoms with Crippen LogP contribution in [0, 0.1) is 5.41 Å². The molecule has 19 heavy (non-hydrogen) atoms. The van der Waals surface area contributed by atoms with Gasteiger partial charge in [0, 0.05) is 5.41 Å². The predicted octanol–water partition coefficient (Wildman–Crippen LogP) is 1.35. The molecule has 0 bridgehead atoms. The molecule has 0 spiro atoms. The van der Waals surface area contributed by atoms with Crippen LogP contribution >= 0.6 is 0 Å². The normalized spacial score (nSPS) is 30.8. The topological polar surface area (TPSA) is 58.9 Å². The molecule has 1 aliphatic rings. The third kappa shape index (κ3) is 3.54. The zero-order valence-corrected chi connectivity index (χ0v) is 11.5. The molecule has 0 amide bonds. The van der Waals surface area contributed by atoms with Gasteiger partial charge in [0.15, 0.2) is 0 Å². The molecule has 3 atom stereocenters. The van der Waals surface area contributed by atoms with Crippen LogP contribution in [0.4, 0.5) is 0 Å². The van der Waals surface area contributed by atoms with Gasteiger partial charge in [-0.15, -0.1) is 0 Å². The van der Waals surface area contributed by atoms with E-state index in [2.05, 4.69) is 0 Å². The largest absolute Gasteiger partial charge is 0.388 e. The third-order valence-corrected chi connectivity index (χ3v) is 3.51. The number of benzene rings is 1. The summed E-state index contributed by atoms with van der Waals surface area (Å²) in [6.07, 6.45) is -2.28. The summed E-state index contributed by atoms with van der Waals surface area (Å²) in [4.78, 5) is 0. The summed E-state index contributed by atoms with van der Waals surface area (Å²) in [7, 11) is 0. The zero-order valence-electron chi connectivity index (χ0n) is 11.5. The van der Waals surface area contributed by atoms with E-state index in [4.69, 9.17) is 9.47 Å². The average molecular weight is 266 g/mol. The minimum absolute atomic E-state index is 0.149. The predicted molar refractivity (Wildman–Crippen MR) is 71.6 cm³/mol. The molecule has 1 aliphatic heterocycles. The van der Waals surface area contributed by atoms with Crippen molar-refractivity contribution in [2.45, 2.75) is 38.8 Å². The fourth-order valence-electron chi connectivity index (χ4n) is 2.37. The van der Waals surface area contributed by atoms with Crippen molar-refractivity contribution in [2.24, 2.45) is 5.41 Å². The number of aliphatic hydroxyl groups is 2. The van der Waals surface area contributed by atoms with Crippen molar-refractivity contribution in [3.05, 3.63) is 35.9 Å². The lowest BCUT2D eigenvalue weighted by Gasteiger charge is -2.35. The molecule has 1 saturated heterocycles. The van der Waals surface area contributed by atoms with Crippen LogP contribution < -0.4 is 0 Å². The first kappa shape index (κ1) is 14.5. The fraction of sp³-hybridized carbons (Fsp3) is 0.600. The zero-order chi connectivity index (χ0) is 13.9. The number of ether oxygens (including phenoxy) is 2. The van der Waals surface area contributed by atoms with Crippen LogP contribution in [0.5, 0.6) is 0 Å². The van der Waals surface area contributed by atoms with Crippen molar-refractivity contribution < 1.29 is 19.7 Å². The Balaban J connectivity index is 2.06. The molecule has 4 heteroatoms. The van der Waals surface area contributed by atoms with Crippen LogP contribution in [-0.2, 0) is 16.1 Å². The van der Waals surface area contributed by atoms with E-state index >= 15 is 0 Å². The molecule has 1 aromatic carbocycles. The molecule has 106 valence electrons. The van der Waals surface area contributed by atoms with Crippen molar-refractivity contribution >= 4 is 0 Å². The van der Waals surface area contributed by atoms with Crippen molar-refractivity contribution in [1.29, 1.82) is 0 Å². The second kappa shape index (κ2) is 6.01. The van der Waals surface area contributed by atoms with E-state index in [9.17, 15) is 10.2 Å². The van der Waals surface area contributed by atoms with Crippen molar-refractivity contribution in [1.82, 2.24) is 0 Å². The summed E-state index contributed by atoms with van der Waals surface area (Å²) in [6.45, 7) is 4.98. The maximum Gasteiger partial charge on any atom is 0.109 e. The highest BCUT2D eigenvalue weighted by molar-refractivity contribution is 5.13. The Morgan fingerprint density at radius 1 is 1.26 bits per heavy atom. The SMILES string of the molecule is CC1(C)COC[C@@H](O)[C@@H](O)[C@@H]1OCc1ccccc1. The maximum absolute atomic E-state index is 10.2. The molecule has 1 aromatic rings. The molecule has 0 saturated carbocycles. The second-order valence-electron chi connectivity index (χ2n) is 5.78. The van der Waals surface area contributed by atoms with Gasteiger partial charge in [-0.25, -0.2) is 0 Å². The standard InChI is InChI=1S/C15H22O4/c1-15(2)10-18-9-12(16)13(17)14(15)19-8-11-6-4-3-5-7-11/h3-7,12-14,16-17H,8-10H2,1-2H3/t12-,13-,14+/m1/s1. The van der Waals surface area contributed by atoms with Gasteiger partial charge in [0.05, 0.1) is 25.9 Å². The van der Waals surface area contributed by atoms with E-state index in [0.29, 0.717) is 13.2 Å². The molecule has 0 aromatic heterocycles. The molecular formula is C15H22O4. The lowest BCUT2D eigenvalue weighted by atomic mass is 9.83. The quantitative estimate of drug-likeness (QED) is 0.867. The van der Waals surface area contributed by atoms with Gasteiger partial charge < -0.3 is 19.7 Å². The number of hydrogen-bond acceptors (Lipinski definition) is 4. The van der Waals surface area contributed by atoms with Gasteiger partial charge in [0.2, 0.25) is 0 Å². The highest BCUT2D eigenvalue weighted by Crippen LogP contribution is 2.31. The van der Waals surface area contributed by atoms with Crippen LogP contribution in [0.2, 0.25) is 0 Å². The summed E-state index contributed by atoms with van der Waals surface area (Å²) >= 11 is 0. The Kier molecular flexibility index (Phi) is 4.58. The lowest BCUT2D eigenvalue weighted by Crippen LogP contribution is -2.47. The first-order valence-corrected chi connectivity index (χ1v) is 6.60. The highest BCUT2D eigenvalue weighted by Gasteiger charge is 2.42. The second-order valence-corrected chi connectivity index (χ2v) is 5.78. The van der Waals surface area contributed by atoms with Gasteiger partial charge in [-0.2, -0.15) is 0 Å². The van der Waals surface area contributed by atoms with Gasteiger partial charge in [-0.05, 0) is 5.56 Å². The van der Waals surface area contributed by atoms with E-state index in [1.54, 1.807) is 0 Å². The first-order chi connectivity index (χ1) is 9.00. The Labute approximate surface area is 114 Å². The van der Waals surface area contributed by atoms with E-state index in [1.807, 2.05) is 44.2 Å². The van der Waals surface area contributed by atoms with Crippen LogP contribution in [0.15, 0.2) is 30.3 Å². The molecule has 4 nitrogen and oxygen atoms in total. The average Bonchev–Trinajstić information content (AvgIpc) is 2.47. The number of hydrogen-bond donors (Lipinski definition) is 2. The van der Waals surface area contributed by atoms with Crippen LogP contribution in [-0.4, -0.2) is 41.7 Å². The van der Waals surface area contributed by atoms with Crippen LogP contribution in [0.3, 0.4) is 0 Å². The van der Waals surface area contributed by atoms with E-state index in [-0.39, 0.29) is 12.0 Å². The van der Waals surface area contributed by atoms with Crippen molar-refractivity contribution in [3.8, 4) is 0 Å². The summed E-state index contributed by atoms with van der Waals surface area (Å²) in [5, 5.41) is 20.0. The molecule has 2 N–H and O–H groups in total. The smallest absolute Gasteiger partial charge is 0.109 e. The molecule has 0 unspecified atom stereocenters. The molecular weight excluding hydrogens is 244 g/mol. The highest BCUT2D eigenvalue weighted by atomic mass is 16.5. The Morgan fingerprint density at radius 3 is 2.63 bits per heavy atom. The van der Waals surface area contributed by atoms with Gasteiger partial charge in [-0.3, -0.25) is 0 Å². The van der Waals surface area contributed by atoms with E-state index < -0.39 is 18.3 Å². The van der Waals surface area contributed by atoms with Crippen LogP contribution in [0.25, 0.3) is 0 Å². The monoisotopic (exact) mass is 266 g/mol. The Hall–Kier alpha value is -0.940. The molecule has 0 radical (unpaired) electrons. The maximum atomic E-state index is 10.2. The third-order valence-electron chi connectivity index (χ3n) is 3.51. The first-order valence-electron chi connectivity index (χ1n) is 6.60. The lowest BCUT2D eigenvalue weighted by molar-refractivity contribution is -0.128. The van der Waals surface area contributed by atoms with E-state index in [0.717, 1.165) is 5.56 Å². The minimum Gasteiger partial charge on any atom is -0.388 e. The molecule has 1 fully saturated rings. The van der Waals surface area contributed by atoms with Gasteiger partial charge in [0.1, 0.15) is 12.2 Å². The summed E-state index contributed by atoms with van der Waals surface area (Å²) in [5.74, 6) is 0. The van der Waals surface area contributed by atoms with Gasteiger partial charge in [-0.1, -0.05) is 44.2 Å². The number of rotatable bonds is 3. The molecule has 0 aliphatic carbocycles. The molecule has 1 heterocycles. The van der Waals surface area contributed by atoms with Crippen LogP contribution in [0.1, 0.15) is 19.4 Å². The minimum atomic E-state index is -0.929. The summed E-state index contributed by atoms with van der Waals surface area (Å²) < 4.78 is 11.2. The van der Waals surface area contributed by atoms with Crippen molar-refractivity contribution in [3.63, 3.8) is 0 Å². The molecule has 2 rings (SSSR count). The van der Waals surface area contributed by atoms with Crippen molar-refractivity contribution in [2.75, 3.05) is 13.2 Å². The van der Waals surface area contributed by atoms with Gasteiger partial charge >= 0.3 is 0 Å². The Morgan fingerprint density at radius 2 is 1.95 bits per heavy atom.